The van der Waals surface area contributed by atoms with Crippen LogP contribution in [0, 0.1) is 5.82 Å². The lowest BCUT2D eigenvalue weighted by Crippen LogP contribution is -2.23. The van der Waals surface area contributed by atoms with Gasteiger partial charge >= 0.3 is 0 Å². The van der Waals surface area contributed by atoms with Crippen molar-refractivity contribution in [1.29, 1.82) is 0 Å². The fourth-order valence-corrected chi connectivity index (χ4v) is 3.98. The highest BCUT2D eigenvalue weighted by atomic mass is 35.5. The van der Waals surface area contributed by atoms with Crippen LogP contribution in [0.3, 0.4) is 0 Å². The zero-order valence-electron chi connectivity index (χ0n) is 16.8. The molecule has 0 bridgehead atoms. The topological polar surface area (TPSA) is 55.3 Å². The molecule has 158 valence electrons. The van der Waals surface area contributed by atoms with Crippen molar-refractivity contribution in [3.63, 3.8) is 0 Å². The van der Waals surface area contributed by atoms with Gasteiger partial charge in [-0.1, -0.05) is 54.1 Å². The zero-order chi connectivity index (χ0) is 22.1. The van der Waals surface area contributed by atoms with E-state index >= 15 is 0 Å². The largest absolute Gasteiger partial charge is 0.452 e. The smallest absolute Gasteiger partial charge is 0.258 e. The maximum Gasteiger partial charge on any atom is 0.258 e. The maximum absolute atomic E-state index is 14.2. The fraction of sp³-hybridized carbons (Fsp3) is 0.0800. The van der Waals surface area contributed by atoms with Crippen LogP contribution in [0.25, 0.3) is 11.1 Å². The Morgan fingerprint density at radius 2 is 1.78 bits per heavy atom. The Bertz CT molecular complexity index is 1280. The monoisotopic (exact) mass is 445 g/mol. The molecule has 0 aliphatic carbocycles. The highest BCUT2D eigenvalue weighted by Crippen LogP contribution is 2.38. The summed E-state index contributed by atoms with van der Waals surface area (Å²) in [7, 11) is 0. The maximum atomic E-state index is 14.2. The first-order chi connectivity index (χ1) is 15.6. The molecule has 0 saturated heterocycles. The minimum absolute atomic E-state index is 0.0880. The van der Waals surface area contributed by atoms with Crippen LogP contribution >= 0.6 is 11.6 Å². The van der Waals surface area contributed by atoms with Crippen molar-refractivity contribution in [2.24, 2.45) is 0 Å². The first-order valence-electron chi connectivity index (χ1n) is 9.99. The third kappa shape index (κ3) is 3.81. The standard InChI is InChI=1S/C25H17ClFN3O2/c26-20-4-2-5-21(27)24(20)32-22-6-1-3-19-15-30(25(31)23(19)22)14-16-7-9-17(10-8-16)18-11-12-28-29-13-18/h1-13H,14-15H2. The molecule has 3 aromatic carbocycles. The summed E-state index contributed by atoms with van der Waals surface area (Å²) in [5, 5.41) is 7.85. The van der Waals surface area contributed by atoms with Crippen molar-refractivity contribution in [3.8, 4) is 22.6 Å². The molecule has 2 heterocycles. The Labute approximate surface area is 189 Å². The van der Waals surface area contributed by atoms with Crippen LogP contribution in [-0.4, -0.2) is 21.0 Å². The third-order valence-electron chi connectivity index (χ3n) is 5.35. The van der Waals surface area contributed by atoms with Gasteiger partial charge in [0, 0.05) is 18.7 Å². The zero-order valence-corrected chi connectivity index (χ0v) is 17.6. The molecule has 0 spiro atoms. The van der Waals surface area contributed by atoms with E-state index in [4.69, 9.17) is 16.3 Å². The van der Waals surface area contributed by atoms with Gasteiger partial charge in [-0.3, -0.25) is 4.79 Å². The Morgan fingerprint density at radius 1 is 0.969 bits per heavy atom. The normalized spacial score (nSPS) is 12.7. The molecule has 1 amide bonds. The quantitative estimate of drug-likeness (QED) is 0.384. The van der Waals surface area contributed by atoms with Gasteiger partial charge in [0.05, 0.1) is 23.0 Å². The van der Waals surface area contributed by atoms with Gasteiger partial charge in [-0.25, -0.2) is 4.39 Å². The van der Waals surface area contributed by atoms with Crippen molar-refractivity contribution >= 4 is 17.5 Å². The summed E-state index contributed by atoms with van der Waals surface area (Å²) in [5.41, 5.74) is 4.27. The number of aromatic nitrogens is 2. The van der Waals surface area contributed by atoms with Crippen LogP contribution in [0.1, 0.15) is 21.5 Å². The second kappa shape index (κ2) is 8.40. The summed E-state index contributed by atoms with van der Waals surface area (Å²) in [6, 6.07) is 19.5. The van der Waals surface area contributed by atoms with Crippen LogP contribution in [0.15, 0.2) is 79.1 Å². The van der Waals surface area contributed by atoms with E-state index in [0.29, 0.717) is 24.4 Å². The van der Waals surface area contributed by atoms with Crippen molar-refractivity contribution in [2.75, 3.05) is 0 Å². The van der Waals surface area contributed by atoms with E-state index in [2.05, 4.69) is 10.2 Å². The Morgan fingerprint density at radius 3 is 2.53 bits per heavy atom. The predicted octanol–water partition coefficient (Wildman–Crippen LogP) is 5.88. The molecule has 0 radical (unpaired) electrons. The van der Waals surface area contributed by atoms with Crippen LogP contribution in [0.5, 0.6) is 11.5 Å². The number of hydrogen-bond donors (Lipinski definition) is 0. The number of carbonyl (C=O) groups excluding carboxylic acids is 1. The Balaban J connectivity index is 1.36. The molecular formula is C25H17ClFN3O2. The molecule has 1 aromatic heterocycles. The summed E-state index contributed by atoms with van der Waals surface area (Å²) in [6.07, 6.45) is 3.36. The number of carbonyl (C=O) groups is 1. The second-order valence-electron chi connectivity index (χ2n) is 7.43. The predicted molar refractivity (Wildman–Crippen MR) is 119 cm³/mol. The van der Waals surface area contributed by atoms with Crippen molar-refractivity contribution in [1.82, 2.24) is 15.1 Å². The minimum Gasteiger partial charge on any atom is -0.452 e. The molecule has 32 heavy (non-hydrogen) atoms. The lowest BCUT2D eigenvalue weighted by atomic mass is 10.1. The molecule has 1 aliphatic rings. The summed E-state index contributed by atoms with van der Waals surface area (Å²) < 4.78 is 19.9. The van der Waals surface area contributed by atoms with Gasteiger partial charge in [0.1, 0.15) is 5.75 Å². The lowest BCUT2D eigenvalue weighted by Gasteiger charge is -2.16. The van der Waals surface area contributed by atoms with Crippen molar-refractivity contribution in [2.45, 2.75) is 13.1 Å². The Hall–Kier alpha value is -3.77. The van der Waals surface area contributed by atoms with E-state index in [9.17, 15) is 9.18 Å². The number of fused-ring (bicyclic) bond motifs is 1. The second-order valence-corrected chi connectivity index (χ2v) is 7.84. The third-order valence-corrected chi connectivity index (χ3v) is 5.65. The van der Waals surface area contributed by atoms with Crippen LogP contribution < -0.4 is 4.74 Å². The van der Waals surface area contributed by atoms with E-state index < -0.39 is 5.82 Å². The van der Waals surface area contributed by atoms with Gasteiger partial charge < -0.3 is 9.64 Å². The number of halogens is 2. The number of benzene rings is 3. The number of ether oxygens (including phenoxy) is 1. The first-order valence-corrected chi connectivity index (χ1v) is 10.4. The van der Waals surface area contributed by atoms with Gasteiger partial charge in [0.2, 0.25) is 0 Å². The van der Waals surface area contributed by atoms with E-state index in [1.54, 1.807) is 35.5 Å². The molecule has 0 fully saturated rings. The van der Waals surface area contributed by atoms with E-state index in [1.807, 2.05) is 36.4 Å². The molecule has 0 unspecified atom stereocenters. The van der Waals surface area contributed by atoms with Crippen LogP contribution in [0.2, 0.25) is 5.02 Å². The van der Waals surface area contributed by atoms with Crippen LogP contribution in [0.4, 0.5) is 4.39 Å². The summed E-state index contributed by atoms with van der Waals surface area (Å²) in [4.78, 5) is 14.9. The van der Waals surface area contributed by atoms with Gasteiger partial charge in [-0.15, -0.1) is 0 Å². The number of para-hydroxylation sites is 1. The minimum atomic E-state index is -0.582. The van der Waals surface area contributed by atoms with Gasteiger partial charge in [-0.2, -0.15) is 10.2 Å². The van der Waals surface area contributed by atoms with Gasteiger partial charge in [-0.05, 0) is 41.0 Å². The first kappa shape index (κ1) is 20.2. The van der Waals surface area contributed by atoms with Crippen LogP contribution in [-0.2, 0) is 13.1 Å². The van der Waals surface area contributed by atoms with Gasteiger partial charge in [0.25, 0.3) is 5.91 Å². The highest BCUT2D eigenvalue weighted by Gasteiger charge is 2.31. The van der Waals surface area contributed by atoms with Crippen molar-refractivity contribution < 1.29 is 13.9 Å². The molecule has 0 saturated carbocycles. The molecule has 5 rings (SSSR count). The average molecular weight is 446 g/mol. The molecule has 0 atom stereocenters. The molecule has 4 aromatic rings. The number of amides is 1. The summed E-state index contributed by atoms with van der Waals surface area (Å²) in [6.45, 7) is 0.897. The molecule has 7 heteroatoms. The number of hydrogen-bond acceptors (Lipinski definition) is 4. The molecule has 1 aliphatic heterocycles. The lowest BCUT2D eigenvalue weighted by molar-refractivity contribution is 0.0765. The molecule has 5 nitrogen and oxygen atoms in total. The summed E-state index contributed by atoms with van der Waals surface area (Å²) >= 11 is 6.09. The van der Waals surface area contributed by atoms with E-state index in [1.165, 1.54) is 12.1 Å². The average Bonchev–Trinajstić information content (AvgIpc) is 3.13. The molecular weight excluding hydrogens is 429 g/mol. The van der Waals surface area contributed by atoms with Crippen molar-refractivity contribution in [3.05, 3.63) is 107 Å². The highest BCUT2D eigenvalue weighted by molar-refractivity contribution is 6.32. The molecule has 0 N–H and O–H groups in total. The summed E-state index contributed by atoms with van der Waals surface area (Å²) in [5.74, 6) is -0.537. The number of rotatable bonds is 5. The van der Waals surface area contributed by atoms with Gasteiger partial charge in [0.15, 0.2) is 11.6 Å². The Kier molecular flexibility index (Phi) is 5.29. The SMILES string of the molecule is O=C1c2c(cccc2Oc2c(F)cccc2Cl)CN1Cc1ccc(-c2ccnnc2)cc1. The van der Waals surface area contributed by atoms with E-state index in [0.717, 1.165) is 22.3 Å². The number of nitrogens with zero attached hydrogens (tertiary/aromatic N) is 3. The van der Waals surface area contributed by atoms with E-state index in [-0.39, 0.29) is 16.7 Å². The fourth-order valence-electron chi connectivity index (χ4n) is 3.77.